The second-order valence-electron chi connectivity index (χ2n) is 3.33. The maximum atomic E-state index is 10.6. The topological polar surface area (TPSA) is 43.1 Å². The Kier molecular flexibility index (Phi) is 3.65. The summed E-state index contributed by atoms with van der Waals surface area (Å²) in [5, 5.41) is 1.96. The summed E-state index contributed by atoms with van der Waals surface area (Å²) < 4.78 is 4.58. The van der Waals surface area contributed by atoms with E-state index in [1.54, 1.807) is 18.7 Å². The molecule has 3 rings (SSSR count). The lowest BCUT2D eigenvalue weighted by Gasteiger charge is -1.97. The summed E-state index contributed by atoms with van der Waals surface area (Å²) in [6.07, 6.45) is 5.68. The van der Waals surface area contributed by atoms with E-state index in [1.807, 2.05) is 42.5 Å². The Bertz CT molecular complexity index is 566. The van der Waals surface area contributed by atoms with Crippen molar-refractivity contribution in [3.8, 4) is 0 Å². The predicted octanol–water partition coefficient (Wildman–Crippen LogP) is 3.33. The van der Waals surface area contributed by atoms with Crippen molar-refractivity contribution in [2.75, 3.05) is 0 Å². The Labute approximate surface area is 98.7 Å². The Morgan fingerprint density at radius 2 is 1.76 bits per heavy atom. The quantitative estimate of drug-likeness (QED) is 0.596. The number of carbonyl (C=O) groups is 1. The molecule has 2 aromatic heterocycles. The molecule has 0 N–H and O–H groups in total. The minimum absolute atomic E-state index is 0.508. The molecule has 0 bridgehead atoms. The Hall–Kier alpha value is -2.42. The van der Waals surface area contributed by atoms with Crippen molar-refractivity contribution in [1.29, 1.82) is 0 Å². The average molecular weight is 225 g/mol. The molecule has 0 aliphatic heterocycles. The fourth-order valence-electron chi connectivity index (χ4n) is 1.46. The Morgan fingerprint density at radius 1 is 1.00 bits per heavy atom. The van der Waals surface area contributed by atoms with E-state index in [9.17, 15) is 4.79 Å². The van der Waals surface area contributed by atoms with Gasteiger partial charge in [-0.25, -0.2) is 0 Å². The molecule has 0 spiro atoms. The van der Waals surface area contributed by atoms with Crippen molar-refractivity contribution < 1.29 is 9.21 Å². The van der Waals surface area contributed by atoms with Gasteiger partial charge in [0, 0.05) is 11.6 Å². The van der Waals surface area contributed by atoms with Gasteiger partial charge in [-0.1, -0.05) is 24.3 Å². The molecule has 3 nitrogen and oxygen atoms in total. The molecule has 0 saturated carbocycles. The SMILES string of the molecule is O=Cc1nccc2ccccc12.c1ccoc1. The smallest absolute Gasteiger partial charge is 0.169 e. The summed E-state index contributed by atoms with van der Waals surface area (Å²) >= 11 is 0. The van der Waals surface area contributed by atoms with Crippen molar-refractivity contribution in [1.82, 2.24) is 4.98 Å². The lowest BCUT2D eigenvalue weighted by atomic mass is 10.1. The fourth-order valence-corrected chi connectivity index (χ4v) is 1.46. The zero-order valence-corrected chi connectivity index (χ0v) is 9.11. The van der Waals surface area contributed by atoms with Gasteiger partial charge in [-0.2, -0.15) is 0 Å². The van der Waals surface area contributed by atoms with Crippen LogP contribution < -0.4 is 0 Å². The number of carbonyl (C=O) groups excluding carboxylic acids is 1. The minimum Gasteiger partial charge on any atom is -0.473 e. The van der Waals surface area contributed by atoms with Crippen molar-refractivity contribution in [3.63, 3.8) is 0 Å². The van der Waals surface area contributed by atoms with Crippen LogP contribution in [0.25, 0.3) is 10.8 Å². The van der Waals surface area contributed by atoms with Gasteiger partial charge >= 0.3 is 0 Å². The van der Waals surface area contributed by atoms with E-state index in [0.29, 0.717) is 5.69 Å². The molecule has 17 heavy (non-hydrogen) atoms. The van der Waals surface area contributed by atoms with Gasteiger partial charge in [-0.05, 0) is 23.6 Å². The molecule has 0 atom stereocenters. The third-order valence-electron chi connectivity index (χ3n) is 2.24. The Balaban J connectivity index is 0.000000181. The van der Waals surface area contributed by atoms with Gasteiger partial charge in [0.2, 0.25) is 0 Å². The van der Waals surface area contributed by atoms with E-state index in [1.165, 1.54) is 0 Å². The van der Waals surface area contributed by atoms with Gasteiger partial charge in [0.25, 0.3) is 0 Å². The van der Waals surface area contributed by atoms with E-state index >= 15 is 0 Å². The molecule has 0 aliphatic rings. The number of hydrogen-bond acceptors (Lipinski definition) is 3. The van der Waals surface area contributed by atoms with Crippen LogP contribution in [0.5, 0.6) is 0 Å². The lowest BCUT2D eigenvalue weighted by molar-refractivity contribution is 0.112. The molecule has 0 fully saturated rings. The van der Waals surface area contributed by atoms with Crippen molar-refractivity contribution >= 4 is 17.1 Å². The maximum absolute atomic E-state index is 10.6. The summed E-state index contributed by atoms with van der Waals surface area (Å²) in [6.45, 7) is 0. The van der Waals surface area contributed by atoms with E-state index in [-0.39, 0.29) is 0 Å². The van der Waals surface area contributed by atoms with Crippen molar-refractivity contribution in [2.24, 2.45) is 0 Å². The molecule has 0 amide bonds. The first kappa shape index (κ1) is 11.1. The van der Waals surface area contributed by atoms with Crippen LogP contribution >= 0.6 is 0 Å². The number of pyridine rings is 1. The zero-order chi connectivity index (χ0) is 11.9. The van der Waals surface area contributed by atoms with Gasteiger partial charge < -0.3 is 4.42 Å². The number of rotatable bonds is 1. The first-order chi connectivity index (χ1) is 8.42. The first-order valence-electron chi connectivity index (χ1n) is 5.18. The van der Waals surface area contributed by atoms with Crippen LogP contribution in [0.3, 0.4) is 0 Å². The van der Waals surface area contributed by atoms with Gasteiger partial charge in [0.05, 0.1) is 12.5 Å². The molecule has 3 heteroatoms. The van der Waals surface area contributed by atoms with Crippen LogP contribution in [0.2, 0.25) is 0 Å². The summed E-state index contributed by atoms with van der Waals surface area (Å²) in [6, 6.07) is 13.3. The molecule has 0 radical (unpaired) electrons. The number of hydrogen-bond donors (Lipinski definition) is 0. The van der Waals surface area contributed by atoms with E-state index in [0.717, 1.165) is 17.1 Å². The third-order valence-corrected chi connectivity index (χ3v) is 2.24. The molecule has 1 aromatic carbocycles. The highest BCUT2D eigenvalue weighted by Crippen LogP contribution is 2.14. The van der Waals surface area contributed by atoms with Crippen LogP contribution in [0.1, 0.15) is 10.5 Å². The molecular formula is C14H11NO2. The van der Waals surface area contributed by atoms with E-state index in [4.69, 9.17) is 0 Å². The number of fused-ring (bicyclic) bond motifs is 1. The minimum atomic E-state index is 0.508. The number of nitrogens with zero attached hydrogens (tertiary/aromatic N) is 1. The third kappa shape index (κ3) is 2.78. The highest BCUT2D eigenvalue weighted by atomic mass is 16.3. The highest BCUT2D eigenvalue weighted by molar-refractivity contribution is 5.95. The van der Waals surface area contributed by atoms with Crippen LogP contribution in [0.15, 0.2) is 65.6 Å². The fraction of sp³-hybridized carbons (Fsp3) is 0. The summed E-state index contributed by atoms with van der Waals surface area (Å²) in [7, 11) is 0. The number of aldehydes is 1. The molecule has 84 valence electrons. The number of benzene rings is 1. The number of furan rings is 1. The second kappa shape index (κ2) is 5.61. The molecule has 0 unspecified atom stereocenters. The van der Waals surface area contributed by atoms with Gasteiger partial charge in [0.1, 0.15) is 5.69 Å². The monoisotopic (exact) mass is 225 g/mol. The largest absolute Gasteiger partial charge is 0.473 e. The summed E-state index contributed by atoms with van der Waals surface area (Å²) in [5.41, 5.74) is 0.508. The first-order valence-corrected chi connectivity index (χ1v) is 5.18. The molecule has 2 heterocycles. The molecule has 0 saturated heterocycles. The normalized spacial score (nSPS) is 9.41. The van der Waals surface area contributed by atoms with Crippen LogP contribution in [-0.4, -0.2) is 11.3 Å². The summed E-state index contributed by atoms with van der Waals surface area (Å²) in [4.78, 5) is 14.5. The van der Waals surface area contributed by atoms with Crippen LogP contribution in [0.4, 0.5) is 0 Å². The van der Waals surface area contributed by atoms with Crippen LogP contribution in [0, 0.1) is 0 Å². The van der Waals surface area contributed by atoms with E-state index in [2.05, 4.69) is 9.40 Å². The zero-order valence-electron chi connectivity index (χ0n) is 9.11. The highest BCUT2D eigenvalue weighted by Gasteiger charge is 1.97. The lowest BCUT2D eigenvalue weighted by Crippen LogP contribution is -1.86. The van der Waals surface area contributed by atoms with Gasteiger partial charge in [-0.15, -0.1) is 0 Å². The maximum Gasteiger partial charge on any atom is 0.169 e. The second-order valence-corrected chi connectivity index (χ2v) is 3.33. The molecule has 0 aliphatic carbocycles. The van der Waals surface area contributed by atoms with Gasteiger partial charge in [-0.3, -0.25) is 9.78 Å². The van der Waals surface area contributed by atoms with Crippen LogP contribution in [-0.2, 0) is 0 Å². The predicted molar refractivity (Wildman–Crippen MR) is 65.8 cm³/mol. The molecule has 3 aromatic rings. The Morgan fingerprint density at radius 3 is 2.41 bits per heavy atom. The number of aromatic nitrogens is 1. The van der Waals surface area contributed by atoms with Gasteiger partial charge in [0.15, 0.2) is 6.29 Å². The standard InChI is InChI=1S/C10H7NO.C4H4O/c12-7-10-9-4-2-1-3-8(9)5-6-11-10;1-2-4-5-3-1/h1-7H;1-4H. The van der Waals surface area contributed by atoms with Crippen molar-refractivity contribution in [3.05, 3.63) is 66.9 Å². The van der Waals surface area contributed by atoms with E-state index < -0.39 is 0 Å². The molecular weight excluding hydrogens is 214 g/mol. The summed E-state index contributed by atoms with van der Waals surface area (Å²) in [5.74, 6) is 0. The average Bonchev–Trinajstić information content (AvgIpc) is 2.97. The van der Waals surface area contributed by atoms with Crippen molar-refractivity contribution in [2.45, 2.75) is 0 Å².